The van der Waals surface area contributed by atoms with E-state index in [-0.39, 0.29) is 11.7 Å². The van der Waals surface area contributed by atoms with Gasteiger partial charge in [-0.15, -0.1) is 0 Å². The van der Waals surface area contributed by atoms with Crippen molar-refractivity contribution in [2.24, 2.45) is 0 Å². The van der Waals surface area contributed by atoms with Crippen molar-refractivity contribution in [2.45, 2.75) is 6.92 Å². The fourth-order valence-corrected chi connectivity index (χ4v) is 1.99. The van der Waals surface area contributed by atoms with Gasteiger partial charge in [-0.1, -0.05) is 36.4 Å². The monoisotopic (exact) mass is 268 g/mol. The molecule has 20 heavy (non-hydrogen) atoms. The maximum absolute atomic E-state index is 12.5. The summed E-state index contributed by atoms with van der Waals surface area (Å²) < 4.78 is 0. The van der Waals surface area contributed by atoms with E-state index >= 15 is 0 Å². The van der Waals surface area contributed by atoms with Gasteiger partial charge in [-0.25, -0.2) is 0 Å². The Morgan fingerprint density at radius 3 is 2.45 bits per heavy atom. The molecular formula is C16H16N2O2. The van der Waals surface area contributed by atoms with Gasteiger partial charge in [0.25, 0.3) is 5.91 Å². The molecule has 0 aliphatic carbocycles. The summed E-state index contributed by atoms with van der Waals surface area (Å²) in [6.07, 6.45) is 3.34. The predicted molar refractivity (Wildman–Crippen MR) is 78.6 cm³/mol. The van der Waals surface area contributed by atoms with Crippen molar-refractivity contribution in [3.05, 3.63) is 65.5 Å². The zero-order valence-electron chi connectivity index (χ0n) is 11.4. The zero-order valence-corrected chi connectivity index (χ0v) is 11.4. The highest BCUT2D eigenvalue weighted by atomic mass is 16.1. The highest BCUT2D eigenvalue weighted by Gasteiger charge is 2.16. The predicted octanol–water partition coefficient (Wildman–Crippen LogP) is 2.66. The average Bonchev–Trinajstić information content (AvgIpc) is 2.98. The number of carbonyl (C=O) groups is 2. The number of allylic oxidation sites excluding steroid dienone is 2. The number of hydrogen-bond donors (Lipinski definition) is 2. The van der Waals surface area contributed by atoms with Gasteiger partial charge < -0.3 is 10.3 Å². The summed E-state index contributed by atoms with van der Waals surface area (Å²) in [5.74, 6) is -0.351. The molecule has 0 fully saturated rings. The molecule has 4 heteroatoms. The summed E-state index contributed by atoms with van der Waals surface area (Å²) in [5, 5.41) is 2.51. The average molecular weight is 268 g/mol. The van der Waals surface area contributed by atoms with Crippen LogP contribution in [-0.4, -0.2) is 23.7 Å². The molecule has 2 rings (SSSR count). The number of Topliss-reactive ketones (excluding diaryl/α,β-unsaturated/α-hetero) is 1. The Kier molecular flexibility index (Phi) is 4.15. The van der Waals surface area contributed by atoms with Crippen LogP contribution in [0.3, 0.4) is 0 Å². The minimum atomic E-state index is -0.245. The van der Waals surface area contributed by atoms with E-state index in [2.05, 4.69) is 10.3 Å². The summed E-state index contributed by atoms with van der Waals surface area (Å²) >= 11 is 0. The van der Waals surface area contributed by atoms with E-state index in [1.165, 1.54) is 0 Å². The van der Waals surface area contributed by atoms with Crippen molar-refractivity contribution in [3.63, 3.8) is 0 Å². The number of nitrogens with one attached hydrogen (secondary N) is 2. The van der Waals surface area contributed by atoms with Crippen molar-refractivity contribution >= 4 is 17.3 Å². The molecule has 0 aliphatic heterocycles. The van der Waals surface area contributed by atoms with Gasteiger partial charge in [0.05, 0.1) is 0 Å². The van der Waals surface area contributed by atoms with Gasteiger partial charge in [0, 0.05) is 24.4 Å². The molecule has 1 aromatic carbocycles. The molecular weight excluding hydrogens is 252 g/mol. The van der Waals surface area contributed by atoms with Crippen LogP contribution in [0.1, 0.15) is 33.3 Å². The Balaban J connectivity index is 2.31. The number of ketones is 1. The van der Waals surface area contributed by atoms with Crippen LogP contribution in [0.15, 0.2) is 48.7 Å². The van der Waals surface area contributed by atoms with Crippen LogP contribution in [0.2, 0.25) is 0 Å². The lowest BCUT2D eigenvalue weighted by molar-refractivity contribution is 0.0958. The van der Waals surface area contributed by atoms with Crippen LogP contribution >= 0.6 is 0 Å². The summed E-state index contributed by atoms with van der Waals surface area (Å²) in [4.78, 5) is 26.8. The third-order valence-electron chi connectivity index (χ3n) is 3.03. The van der Waals surface area contributed by atoms with Gasteiger partial charge in [-0.05, 0) is 18.6 Å². The molecule has 102 valence electrons. The molecule has 1 heterocycles. The number of carbonyl (C=O) groups excluding carboxylic acids is 2. The van der Waals surface area contributed by atoms with E-state index < -0.39 is 0 Å². The number of benzene rings is 1. The molecule has 0 radical (unpaired) electrons. The van der Waals surface area contributed by atoms with Gasteiger partial charge in [0.2, 0.25) is 0 Å². The second-order valence-electron chi connectivity index (χ2n) is 4.28. The maximum Gasteiger partial charge on any atom is 0.267 e. The van der Waals surface area contributed by atoms with E-state index in [1.807, 2.05) is 37.3 Å². The summed E-state index contributed by atoms with van der Waals surface area (Å²) in [6.45, 7) is 1.83. The first-order chi connectivity index (χ1) is 9.67. The maximum atomic E-state index is 12.5. The number of aromatic nitrogens is 1. The molecule has 0 saturated carbocycles. The van der Waals surface area contributed by atoms with Gasteiger partial charge in [0.15, 0.2) is 5.78 Å². The minimum absolute atomic E-state index is 0.106. The topological polar surface area (TPSA) is 62.0 Å². The fraction of sp³-hybridized carbons (Fsp3) is 0.125. The lowest BCUT2D eigenvalue weighted by Gasteiger charge is -2.04. The SMILES string of the molecule is C/C=C(\C(=O)c1c[nH]c(C(=O)NC)c1)c1ccccc1. The second-order valence-corrected chi connectivity index (χ2v) is 4.28. The van der Waals surface area contributed by atoms with Gasteiger partial charge in [0.1, 0.15) is 5.69 Å². The molecule has 4 nitrogen and oxygen atoms in total. The van der Waals surface area contributed by atoms with Crippen molar-refractivity contribution in [1.82, 2.24) is 10.3 Å². The summed E-state index contributed by atoms with van der Waals surface area (Å²) in [6, 6.07) is 11.0. The van der Waals surface area contributed by atoms with E-state index in [0.29, 0.717) is 16.8 Å². The lowest BCUT2D eigenvalue weighted by atomic mass is 9.98. The van der Waals surface area contributed by atoms with Crippen molar-refractivity contribution in [3.8, 4) is 0 Å². The Morgan fingerprint density at radius 1 is 1.15 bits per heavy atom. The molecule has 1 aromatic heterocycles. The largest absolute Gasteiger partial charge is 0.356 e. The Bertz CT molecular complexity index is 654. The van der Waals surface area contributed by atoms with Gasteiger partial charge >= 0.3 is 0 Å². The van der Waals surface area contributed by atoms with E-state index in [1.54, 1.807) is 25.4 Å². The van der Waals surface area contributed by atoms with Crippen LogP contribution in [0.5, 0.6) is 0 Å². The number of H-pyrrole nitrogens is 1. The molecule has 2 aromatic rings. The first-order valence-electron chi connectivity index (χ1n) is 6.34. The smallest absolute Gasteiger partial charge is 0.267 e. The molecule has 0 aliphatic rings. The summed E-state index contributed by atoms with van der Waals surface area (Å²) in [5.41, 5.74) is 2.33. The van der Waals surface area contributed by atoms with Crippen LogP contribution in [0, 0.1) is 0 Å². The highest BCUT2D eigenvalue weighted by Crippen LogP contribution is 2.20. The Hall–Kier alpha value is -2.62. The third-order valence-corrected chi connectivity index (χ3v) is 3.03. The normalized spacial score (nSPS) is 11.2. The first-order valence-corrected chi connectivity index (χ1v) is 6.34. The summed E-state index contributed by atoms with van der Waals surface area (Å²) in [7, 11) is 1.55. The van der Waals surface area contributed by atoms with Crippen LogP contribution < -0.4 is 5.32 Å². The third kappa shape index (κ3) is 2.69. The van der Waals surface area contributed by atoms with Gasteiger partial charge in [-0.2, -0.15) is 0 Å². The van der Waals surface area contributed by atoms with Crippen LogP contribution in [0.4, 0.5) is 0 Å². The molecule has 0 bridgehead atoms. The van der Waals surface area contributed by atoms with Crippen molar-refractivity contribution in [2.75, 3.05) is 7.05 Å². The molecule has 0 atom stereocenters. The standard InChI is InChI=1S/C16H16N2O2/c1-3-13(11-7-5-4-6-8-11)15(19)12-9-14(18-10-12)16(20)17-2/h3-10,18H,1-2H3,(H,17,20)/b13-3-. The molecule has 1 amide bonds. The quantitative estimate of drug-likeness (QED) is 0.661. The Morgan fingerprint density at radius 2 is 1.85 bits per heavy atom. The number of rotatable bonds is 4. The molecule has 0 saturated heterocycles. The van der Waals surface area contributed by atoms with Crippen LogP contribution in [-0.2, 0) is 0 Å². The van der Waals surface area contributed by atoms with E-state index in [9.17, 15) is 9.59 Å². The van der Waals surface area contributed by atoms with Crippen molar-refractivity contribution < 1.29 is 9.59 Å². The minimum Gasteiger partial charge on any atom is -0.356 e. The number of hydrogen-bond acceptors (Lipinski definition) is 2. The van der Waals surface area contributed by atoms with Crippen molar-refractivity contribution in [1.29, 1.82) is 0 Å². The second kappa shape index (κ2) is 6.02. The van der Waals surface area contributed by atoms with E-state index in [0.717, 1.165) is 5.56 Å². The van der Waals surface area contributed by atoms with E-state index in [4.69, 9.17) is 0 Å². The number of aromatic amines is 1. The van der Waals surface area contributed by atoms with Crippen LogP contribution in [0.25, 0.3) is 5.57 Å². The zero-order chi connectivity index (χ0) is 14.5. The Labute approximate surface area is 117 Å². The fourth-order valence-electron chi connectivity index (χ4n) is 1.99. The van der Waals surface area contributed by atoms with Gasteiger partial charge in [-0.3, -0.25) is 9.59 Å². The molecule has 0 unspecified atom stereocenters. The lowest BCUT2D eigenvalue weighted by Crippen LogP contribution is -2.17. The number of amides is 1. The highest BCUT2D eigenvalue weighted by molar-refractivity contribution is 6.29. The molecule has 0 spiro atoms. The molecule has 2 N–H and O–H groups in total. The first kappa shape index (κ1) is 13.8.